The van der Waals surface area contributed by atoms with E-state index in [1.807, 2.05) is 13.1 Å². The summed E-state index contributed by atoms with van der Waals surface area (Å²) in [5, 5.41) is 13.5. The highest BCUT2D eigenvalue weighted by molar-refractivity contribution is 7.11. The Hall–Kier alpha value is -0.450. The van der Waals surface area contributed by atoms with Gasteiger partial charge in [0.15, 0.2) is 0 Å². The zero-order chi connectivity index (χ0) is 11.3. The van der Waals surface area contributed by atoms with Crippen LogP contribution in [0, 0.1) is 12.8 Å². The lowest BCUT2D eigenvalue weighted by Gasteiger charge is -2.20. The van der Waals surface area contributed by atoms with Gasteiger partial charge in [0, 0.05) is 30.3 Å². The Morgan fingerprint density at radius 3 is 2.73 bits per heavy atom. The molecule has 0 amide bonds. The lowest BCUT2D eigenvalue weighted by atomic mass is 10.0. The minimum Gasteiger partial charge on any atom is -0.396 e. The number of rotatable bonds is 6. The molecule has 0 aliphatic carbocycles. The highest BCUT2D eigenvalue weighted by Gasteiger charge is 2.12. The lowest BCUT2D eigenvalue weighted by Crippen LogP contribution is -2.33. The van der Waals surface area contributed by atoms with Gasteiger partial charge in [0.1, 0.15) is 0 Å². The van der Waals surface area contributed by atoms with Gasteiger partial charge in [-0.2, -0.15) is 0 Å². The van der Waals surface area contributed by atoms with E-state index in [9.17, 15) is 0 Å². The van der Waals surface area contributed by atoms with Gasteiger partial charge in [-0.05, 0) is 19.3 Å². The maximum absolute atomic E-state index is 8.94. The molecular formula is C11H20N2OS. The van der Waals surface area contributed by atoms with Crippen LogP contribution in [0.5, 0.6) is 0 Å². The maximum Gasteiger partial charge on any atom is 0.0897 e. The Morgan fingerprint density at radius 2 is 2.27 bits per heavy atom. The number of aryl methyl sites for hydroxylation is 1. The molecule has 1 aromatic rings. The highest BCUT2D eigenvalue weighted by atomic mass is 32.1. The summed E-state index contributed by atoms with van der Waals surface area (Å²) < 4.78 is 0. The fourth-order valence-electron chi connectivity index (χ4n) is 1.53. The molecule has 1 rings (SSSR count). The zero-order valence-corrected chi connectivity index (χ0v) is 10.5. The zero-order valence-electron chi connectivity index (χ0n) is 9.66. The third-order valence-corrected chi connectivity index (χ3v) is 3.37. The molecule has 1 atom stereocenters. The molecule has 2 N–H and O–H groups in total. The Kier molecular flexibility index (Phi) is 5.22. The molecule has 1 heterocycles. The second-order valence-corrected chi connectivity index (χ2v) is 5.41. The average Bonchev–Trinajstić information content (AvgIpc) is 2.58. The second kappa shape index (κ2) is 6.20. The average molecular weight is 228 g/mol. The first-order valence-corrected chi connectivity index (χ1v) is 6.20. The van der Waals surface area contributed by atoms with Crippen molar-refractivity contribution >= 4 is 11.3 Å². The monoisotopic (exact) mass is 228 g/mol. The number of hydrogen-bond acceptors (Lipinski definition) is 4. The van der Waals surface area contributed by atoms with Crippen molar-refractivity contribution in [2.24, 2.45) is 5.92 Å². The summed E-state index contributed by atoms with van der Waals surface area (Å²) in [6, 6.07) is 0.386. The van der Waals surface area contributed by atoms with Gasteiger partial charge in [0.05, 0.1) is 5.01 Å². The number of nitrogens with zero attached hydrogens (tertiary/aromatic N) is 1. The summed E-state index contributed by atoms with van der Waals surface area (Å²) in [4.78, 5) is 5.47. The van der Waals surface area contributed by atoms with Crippen molar-refractivity contribution in [3.8, 4) is 0 Å². The quantitative estimate of drug-likeness (QED) is 0.782. The first-order chi connectivity index (χ1) is 7.13. The van der Waals surface area contributed by atoms with Crippen LogP contribution in [0.1, 0.15) is 30.2 Å². The van der Waals surface area contributed by atoms with Crippen LogP contribution in [0.15, 0.2) is 6.20 Å². The van der Waals surface area contributed by atoms with Crippen molar-refractivity contribution in [2.45, 2.75) is 39.8 Å². The van der Waals surface area contributed by atoms with Crippen molar-refractivity contribution in [1.82, 2.24) is 10.3 Å². The summed E-state index contributed by atoms with van der Waals surface area (Å²) in [7, 11) is 0. The third-order valence-electron chi connectivity index (χ3n) is 2.45. The predicted octanol–water partition coefficient (Wildman–Crippen LogP) is 1.95. The van der Waals surface area contributed by atoms with Gasteiger partial charge in [-0.1, -0.05) is 13.8 Å². The summed E-state index contributed by atoms with van der Waals surface area (Å²) in [6.07, 6.45) is 2.73. The maximum atomic E-state index is 8.94. The van der Waals surface area contributed by atoms with Gasteiger partial charge >= 0.3 is 0 Å². The van der Waals surface area contributed by atoms with E-state index in [0.717, 1.165) is 18.0 Å². The molecular weight excluding hydrogens is 208 g/mol. The molecule has 0 aliphatic heterocycles. The minimum atomic E-state index is 0.248. The van der Waals surface area contributed by atoms with E-state index in [4.69, 9.17) is 5.11 Å². The van der Waals surface area contributed by atoms with E-state index in [-0.39, 0.29) is 6.61 Å². The third kappa shape index (κ3) is 4.28. The van der Waals surface area contributed by atoms with Crippen LogP contribution in [0.4, 0.5) is 0 Å². The van der Waals surface area contributed by atoms with Crippen LogP contribution in [0.25, 0.3) is 0 Å². The summed E-state index contributed by atoms with van der Waals surface area (Å²) in [5.41, 5.74) is 0. The fourth-order valence-corrected chi connectivity index (χ4v) is 2.27. The Labute approximate surface area is 95.6 Å². The molecule has 3 nitrogen and oxygen atoms in total. The standard InChI is InChI=1S/C11H20N2OS/c1-8(2)11(4-5-14)13-7-10-6-12-9(3)15-10/h6,8,11,13-14H,4-5,7H2,1-3H3. The van der Waals surface area contributed by atoms with Crippen molar-refractivity contribution in [2.75, 3.05) is 6.61 Å². The molecule has 0 spiro atoms. The number of hydrogen-bond donors (Lipinski definition) is 2. The van der Waals surface area contributed by atoms with Gasteiger partial charge in [-0.3, -0.25) is 0 Å². The Balaban J connectivity index is 2.39. The van der Waals surface area contributed by atoms with E-state index in [2.05, 4.69) is 24.1 Å². The number of nitrogens with one attached hydrogen (secondary N) is 1. The van der Waals surface area contributed by atoms with Gasteiger partial charge < -0.3 is 10.4 Å². The van der Waals surface area contributed by atoms with Gasteiger partial charge in [-0.15, -0.1) is 11.3 Å². The van der Waals surface area contributed by atoms with Crippen LogP contribution in [-0.2, 0) is 6.54 Å². The molecule has 0 radical (unpaired) electrons. The van der Waals surface area contributed by atoms with E-state index in [1.54, 1.807) is 11.3 Å². The van der Waals surface area contributed by atoms with E-state index < -0.39 is 0 Å². The predicted molar refractivity (Wildman–Crippen MR) is 64.0 cm³/mol. The van der Waals surface area contributed by atoms with Crippen LogP contribution >= 0.6 is 11.3 Å². The van der Waals surface area contributed by atoms with Gasteiger partial charge in [-0.25, -0.2) is 4.98 Å². The normalized spacial score (nSPS) is 13.4. The SMILES string of the molecule is Cc1ncc(CNC(CCO)C(C)C)s1. The molecule has 0 aliphatic rings. The molecule has 86 valence electrons. The van der Waals surface area contributed by atoms with Crippen LogP contribution in [-0.4, -0.2) is 22.7 Å². The number of aliphatic hydroxyl groups excluding tert-OH is 1. The molecule has 0 saturated carbocycles. The number of aliphatic hydroxyl groups is 1. The molecule has 1 unspecified atom stereocenters. The molecule has 0 saturated heterocycles. The van der Waals surface area contributed by atoms with Crippen LogP contribution in [0.3, 0.4) is 0 Å². The Morgan fingerprint density at radius 1 is 1.53 bits per heavy atom. The van der Waals surface area contributed by atoms with E-state index in [1.165, 1.54) is 4.88 Å². The molecule has 0 aromatic carbocycles. The van der Waals surface area contributed by atoms with Crippen molar-refractivity contribution in [3.05, 3.63) is 16.1 Å². The topological polar surface area (TPSA) is 45.2 Å². The molecule has 0 fully saturated rings. The van der Waals surface area contributed by atoms with Crippen molar-refractivity contribution in [3.63, 3.8) is 0 Å². The van der Waals surface area contributed by atoms with Crippen LogP contribution in [0.2, 0.25) is 0 Å². The smallest absolute Gasteiger partial charge is 0.0897 e. The first kappa shape index (κ1) is 12.6. The van der Waals surface area contributed by atoms with Crippen molar-refractivity contribution < 1.29 is 5.11 Å². The number of aromatic nitrogens is 1. The van der Waals surface area contributed by atoms with E-state index >= 15 is 0 Å². The van der Waals surface area contributed by atoms with Gasteiger partial charge in [0.2, 0.25) is 0 Å². The summed E-state index contributed by atoms with van der Waals surface area (Å²) in [5.74, 6) is 0.547. The summed E-state index contributed by atoms with van der Waals surface area (Å²) in [6.45, 7) is 7.46. The molecule has 0 bridgehead atoms. The van der Waals surface area contributed by atoms with Gasteiger partial charge in [0.25, 0.3) is 0 Å². The lowest BCUT2D eigenvalue weighted by molar-refractivity contribution is 0.244. The second-order valence-electron chi connectivity index (χ2n) is 4.09. The largest absolute Gasteiger partial charge is 0.396 e. The Bertz CT molecular complexity index is 286. The molecule has 4 heteroatoms. The van der Waals surface area contributed by atoms with E-state index in [0.29, 0.717) is 12.0 Å². The fraction of sp³-hybridized carbons (Fsp3) is 0.727. The molecule has 15 heavy (non-hydrogen) atoms. The minimum absolute atomic E-state index is 0.248. The summed E-state index contributed by atoms with van der Waals surface area (Å²) >= 11 is 1.72. The molecule has 1 aromatic heterocycles. The highest BCUT2D eigenvalue weighted by Crippen LogP contribution is 2.13. The number of thiazole rings is 1. The van der Waals surface area contributed by atoms with Crippen molar-refractivity contribution in [1.29, 1.82) is 0 Å². The first-order valence-electron chi connectivity index (χ1n) is 5.39. The van der Waals surface area contributed by atoms with Crippen LogP contribution < -0.4 is 5.32 Å².